The molecule has 1 aliphatic heterocycles. The fraction of sp³-hybridized carbons (Fsp3) is 0.417. The van der Waals surface area contributed by atoms with E-state index in [-0.39, 0.29) is 17.6 Å². The number of benzene rings is 1. The van der Waals surface area contributed by atoms with E-state index in [1.807, 2.05) is 0 Å². The van der Waals surface area contributed by atoms with E-state index in [1.54, 1.807) is 12.1 Å². The molecule has 2 rings (SSSR count). The van der Waals surface area contributed by atoms with E-state index in [9.17, 15) is 9.18 Å². The normalized spacial score (nSPS) is 20.7. The minimum absolute atomic E-state index is 0.0924. The second-order valence-electron chi connectivity index (χ2n) is 4.36. The van der Waals surface area contributed by atoms with Crippen LogP contribution in [0.1, 0.15) is 12.0 Å². The predicted molar refractivity (Wildman–Crippen MR) is 66.7 cm³/mol. The maximum absolute atomic E-state index is 13.5. The van der Waals surface area contributed by atoms with Gasteiger partial charge in [-0.05, 0) is 31.2 Å². The Morgan fingerprint density at radius 1 is 1.59 bits per heavy atom. The standard InChI is InChI=1S/C12H14BrFN2O/c13-10-1-2-11(14)9(5-10)7-16-4-3-8(6-16)12(15)17/h1-2,5,8H,3-4,6-7H2,(H2,15,17). The van der Waals surface area contributed by atoms with Crippen molar-refractivity contribution in [3.05, 3.63) is 34.1 Å². The molecule has 17 heavy (non-hydrogen) atoms. The van der Waals surface area contributed by atoms with Crippen LogP contribution in [0.4, 0.5) is 4.39 Å². The number of likely N-dealkylation sites (tertiary alicyclic amines) is 1. The number of amides is 1. The van der Waals surface area contributed by atoms with Crippen molar-refractivity contribution >= 4 is 21.8 Å². The zero-order valence-electron chi connectivity index (χ0n) is 9.33. The Kier molecular flexibility index (Phi) is 3.79. The lowest BCUT2D eigenvalue weighted by atomic mass is 10.1. The van der Waals surface area contributed by atoms with Gasteiger partial charge in [0.05, 0.1) is 5.92 Å². The predicted octanol–water partition coefficient (Wildman–Crippen LogP) is 1.90. The molecule has 1 aromatic rings. The van der Waals surface area contributed by atoms with Gasteiger partial charge in [0, 0.05) is 23.1 Å². The van der Waals surface area contributed by atoms with Crippen molar-refractivity contribution in [1.29, 1.82) is 0 Å². The molecule has 2 N–H and O–H groups in total. The van der Waals surface area contributed by atoms with Crippen LogP contribution in [0.15, 0.2) is 22.7 Å². The SMILES string of the molecule is NC(=O)C1CCN(Cc2cc(Br)ccc2F)C1. The summed E-state index contributed by atoms with van der Waals surface area (Å²) in [6, 6.07) is 4.89. The van der Waals surface area contributed by atoms with Crippen LogP contribution in [0, 0.1) is 11.7 Å². The number of hydrogen-bond acceptors (Lipinski definition) is 2. The number of carbonyl (C=O) groups excluding carboxylic acids is 1. The Morgan fingerprint density at radius 2 is 2.35 bits per heavy atom. The first-order valence-electron chi connectivity index (χ1n) is 5.52. The molecular formula is C12H14BrFN2O. The van der Waals surface area contributed by atoms with E-state index in [0.717, 1.165) is 17.4 Å². The van der Waals surface area contributed by atoms with Gasteiger partial charge in [-0.3, -0.25) is 9.69 Å². The largest absolute Gasteiger partial charge is 0.369 e. The molecular weight excluding hydrogens is 287 g/mol. The average molecular weight is 301 g/mol. The fourth-order valence-corrected chi connectivity index (χ4v) is 2.52. The highest BCUT2D eigenvalue weighted by Crippen LogP contribution is 2.21. The van der Waals surface area contributed by atoms with Gasteiger partial charge in [0.15, 0.2) is 0 Å². The summed E-state index contributed by atoms with van der Waals surface area (Å²) in [5.41, 5.74) is 5.90. The summed E-state index contributed by atoms with van der Waals surface area (Å²) >= 11 is 3.32. The molecule has 1 amide bonds. The molecule has 0 spiro atoms. The number of nitrogens with two attached hydrogens (primary N) is 1. The molecule has 1 aliphatic rings. The van der Waals surface area contributed by atoms with E-state index < -0.39 is 0 Å². The lowest BCUT2D eigenvalue weighted by molar-refractivity contribution is -0.121. The Labute approximate surface area is 108 Å². The zero-order valence-corrected chi connectivity index (χ0v) is 10.9. The highest BCUT2D eigenvalue weighted by atomic mass is 79.9. The van der Waals surface area contributed by atoms with Crippen LogP contribution in [0.5, 0.6) is 0 Å². The van der Waals surface area contributed by atoms with Crippen molar-refractivity contribution in [2.24, 2.45) is 11.7 Å². The van der Waals surface area contributed by atoms with E-state index in [2.05, 4.69) is 20.8 Å². The van der Waals surface area contributed by atoms with E-state index >= 15 is 0 Å². The van der Waals surface area contributed by atoms with Crippen LogP contribution >= 0.6 is 15.9 Å². The van der Waals surface area contributed by atoms with Gasteiger partial charge in [-0.15, -0.1) is 0 Å². The maximum atomic E-state index is 13.5. The van der Waals surface area contributed by atoms with Crippen molar-refractivity contribution in [3.63, 3.8) is 0 Å². The molecule has 1 saturated heterocycles. The van der Waals surface area contributed by atoms with Gasteiger partial charge < -0.3 is 5.73 Å². The maximum Gasteiger partial charge on any atom is 0.221 e. The molecule has 3 nitrogen and oxygen atoms in total. The van der Waals surface area contributed by atoms with Crippen LogP contribution in [0.3, 0.4) is 0 Å². The molecule has 92 valence electrons. The van der Waals surface area contributed by atoms with Crippen LogP contribution < -0.4 is 5.73 Å². The molecule has 1 unspecified atom stereocenters. The lowest BCUT2D eigenvalue weighted by Crippen LogP contribution is -2.27. The van der Waals surface area contributed by atoms with Gasteiger partial charge in [0.25, 0.3) is 0 Å². The second kappa shape index (κ2) is 5.14. The Hall–Kier alpha value is -0.940. The van der Waals surface area contributed by atoms with Gasteiger partial charge in [-0.25, -0.2) is 4.39 Å². The third-order valence-corrected chi connectivity index (χ3v) is 3.57. The van der Waals surface area contributed by atoms with Crippen LogP contribution in [-0.2, 0) is 11.3 Å². The molecule has 1 atom stereocenters. The molecule has 0 aromatic heterocycles. The van der Waals surface area contributed by atoms with Crippen molar-refractivity contribution in [1.82, 2.24) is 4.90 Å². The highest BCUT2D eigenvalue weighted by Gasteiger charge is 2.26. The highest BCUT2D eigenvalue weighted by molar-refractivity contribution is 9.10. The molecule has 1 heterocycles. The van der Waals surface area contributed by atoms with Gasteiger partial charge in [0.1, 0.15) is 5.82 Å². The van der Waals surface area contributed by atoms with Gasteiger partial charge in [0.2, 0.25) is 5.91 Å². The van der Waals surface area contributed by atoms with E-state index in [0.29, 0.717) is 18.7 Å². The molecule has 1 fully saturated rings. The summed E-state index contributed by atoms with van der Waals surface area (Å²) in [5.74, 6) is -0.567. The summed E-state index contributed by atoms with van der Waals surface area (Å²) in [7, 11) is 0. The number of carbonyl (C=O) groups is 1. The van der Waals surface area contributed by atoms with Crippen LogP contribution in [0.25, 0.3) is 0 Å². The van der Waals surface area contributed by atoms with Gasteiger partial charge in [-0.2, -0.15) is 0 Å². The monoisotopic (exact) mass is 300 g/mol. The molecule has 0 radical (unpaired) electrons. The lowest BCUT2D eigenvalue weighted by Gasteiger charge is -2.16. The first kappa shape index (κ1) is 12.5. The quantitative estimate of drug-likeness (QED) is 0.927. The average Bonchev–Trinajstić information content (AvgIpc) is 2.72. The fourth-order valence-electron chi connectivity index (χ4n) is 2.11. The minimum Gasteiger partial charge on any atom is -0.369 e. The van der Waals surface area contributed by atoms with Crippen molar-refractivity contribution in [2.75, 3.05) is 13.1 Å². The molecule has 0 saturated carbocycles. The van der Waals surface area contributed by atoms with Crippen molar-refractivity contribution < 1.29 is 9.18 Å². The van der Waals surface area contributed by atoms with Crippen LogP contribution in [0.2, 0.25) is 0 Å². The summed E-state index contributed by atoms with van der Waals surface area (Å²) in [5, 5.41) is 0. The van der Waals surface area contributed by atoms with Gasteiger partial charge >= 0.3 is 0 Å². The third-order valence-electron chi connectivity index (χ3n) is 3.08. The Bertz CT molecular complexity index is 439. The van der Waals surface area contributed by atoms with E-state index in [4.69, 9.17) is 5.73 Å². The molecule has 1 aromatic carbocycles. The topological polar surface area (TPSA) is 46.3 Å². The van der Waals surface area contributed by atoms with E-state index in [1.165, 1.54) is 6.07 Å². The zero-order chi connectivity index (χ0) is 12.4. The number of rotatable bonds is 3. The number of hydrogen-bond donors (Lipinski definition) is 1. The number of nitrogens with zero attached hydrogens (tertiary/aromatic N) is 1. The third kappa shape index (κ3) is 3.04. The van der Waals surface area contributed by atoms with Crippen molar-refractivity contribution in [2.45, 2.75) is 13.0 Å². The summed E-state index contributed by atoms with van der Waals surface area (Å²) in [4.78, 5) is 13.1. The second-order valence-corrected chi connectivity index (χ2v) is 5.27. The molecule has 5 heteroatoms. The minimum atomic E-state index is -0.262. The van der Waals surface area contributed by atoms with Crippen LogP contribution in [-0.4, -0.2) is 23.9 Å². The summed E-state index contributed by atoms with van der Waals surface area (Å²) in [6.07, 6.45) is 0.769. The van der Waals surface area contributed by atoms with Crippen molar-refractivity contribution in [3.8, 4) is 0 Å². The summed E-state index contributed by atoms with van der Waals surface area (Å²) in [6.45, 7) is 1.94. The molecule has 0 bridgehead atoms. The number of primary amides is 1. The molecule has 0 aliphatic carbocycles. The summed E-state index contributed by atoms with van der Waals surface area (Å²) < 4.78 is 14.4. The first-order chi connectivity index (χ1) is 8.06. The Morgan fingerprint density at radius 3 is 3.00 bits per heavy atom. The number of halogens is 2. The Balaban J connectivity index is 2.02. The smallest absolute Gasteiger partial charge is 0.221 e. The first-order valence-corrected chi connectivity index (χ1v) is 6.31. The van der Waals surface area contributed by atoms with Gasteiger partial charge in [-0.1, -0.05) is 15.9 Å².